The Morgan fingerprint density at radius 2 is 1.87 bits per heavy atom. The van der Waals surface area contributed by atoms with Gasteiger partial charge in [0.05, 0.1) is 12.0 Å². The van der Waals surface area contributed by atoms with Crippen LogP contribution in [-0.4, -0.2) is 11.8 Å². The maximum atomic E-state index is 12.7. The minimum atomic E-state index is -0.439. The van der Waals surface area contributed by atoms with Gasteiger partial charge in [-0.2, -0.15) is 0 Å². The Labute approximate surface area is 135 Å². The van der Waals surface area contributed by atoms with Gasteiger partial charge in [-0.3, -0.25) is 9.59 Å². The molecule has 0 radical (unpaired) electrons. The molecule has 1 heterocycles. The summed E-state index contributed by atoms with van der Waals surface area (Å²) in [7, 11) is 0. The van der Waals surface area contributed by atoms with Gasteiger partial charge in [0.25, 0.3) is 0 Å². The maximum absolute atomic E-state index is 12.7. The Hall–Kier alpha value is -2.62. The van der Waals surface area contributed by atoms with Crippen molar-refractivity contribution in [3.8, 4) is 0 Å². The quantitative estimate of drug-likeness (QED) is 0.914. The van der Waals surface area contributed by atoms with Gasteiger partial charge >= 0.3 is 0 Å². The molecule has 0 aromatic heterocycles. The average molecular weight is 308 g/mol. The van der Waals surface area contributed by atoms with Crippen molar-refractivity contribution in [1.29, 1.82) is 0 Å². The summed E-state index contributed by atoms with van der Waals surface area (Å²) >= 11 is 0. The molecule has 0 saturated heterocycles. The monoisotopic (exact) mass is 308 g/mol. The first-order chi connectivity index (χ1) is 11.1. The molecule has 2 unspecified atom stereocenters. The highest BCUT2D eigenvalue weighted by Gasteiger charge is 2.31. The van der Waals surface area contributed by atoms with Crippen LogP contribution in [0.25, 0.3) is 0 Å². The fraction of sp³-hybridized carbons (Fsp3) is 0.263. The Morgan fingerprint density at radius 1 is 1.17 bits per heavy atom. The predicted molar refractivity (Wildman–Crippen MR) is 90.2 cm³/mol. The standard InChI is InChI=1S/C19H20N2O2/c1-12-7-3-4-8-14(12)13(2)20-19(23)16-11-18(22)21-17-10-6-5-9-15(16)17/h3-10,13,16H,11H2,1-2H3,(H,20,23)(H,21,22). The number of amides is 2. The summed E-state index contributed by atoms with van der Waals surface area (Å²) in [6.45, 7) is 4.00. The Morgan fingerprint density at radius 3 is 2.65 bits per heavy atom. The van der Waals surface area contributed by atoms with Crippen LogP contribution in [0, 0.1) is 6.92 Å². The molecule has 2 atom stereocenters. The van der Waals surface area contributed by atoms with Crippen LogP contribution in [-0.2, 0) is 9.59 Å². The second-order valence-electron chi connectivity index (χ2n) is 5.98. The maximum Gasteiger partial charge on any atom is 0.228 e. The van der Waals surface area contributed by atoms with Crippen molar-refractivity contribution in [2.45, 2.75) is 32.2 Å². The van der Waals surface area contributed by atoms with Crippen molar-refractivity contribution in [1.82, 2.24) is 5.32 Å². The van der Waals surface area contributed by atoms with E-state index in [9.17, 15) is 9.59 Å². The second kappa shape index (κ2) is 6.24. The largest absolute Gasteiger partial charge is 0.349 e. The number of fused-ring (bicyclic) bond motifs is 1. The zero-order chi connectivity index (χ0) is 16.4. The Balaban J connectivity index is 1.81. The highest BCUT2D eigenvalue weighted by atomic mass is 16.2. The van der Waals surface area contributed by atoms with Crippen LogP contribution >= 0.6 is 0 Å². The number of hydrogen-bond donors (Lipinski definition) is 2. The molecule has 0 fully saturated rings. The summed E-state index contributed by atoms with van der Waals surface area (Å²) in [6, 6.07) is 15.4. The topological polar surface area (TPSA) is 58.2 Å². The third-order valence-electron chi connectivity index (χ3n) is 4.33. The summed E-state index contributed by atoms with van der Waals surface area (Å²) in [4.78, 5) is 24.6. The number of carbonyl (C=O) groups is 2. The van der Waals surface area contributed by atoms with Crippen LogP contribution in [0.2, 0.25) is 0 Å². The molecule has 4 heteroatoms. The number of hydrogen-bond acceptors (Lipinski definition) is 2. The van der Waals surface area contributed by atoms with Gasteiger partial charge in [0, 0.05) is 12.1 Å². The Bertz CT molecular complexity index is 755. The first kappa shape index (κ1) is 15.3. The van der Waals surface area contributed by atoms with Crippen molar-refractivity contribution in [3.05, 3.63) is 65.2 Å². The van der Waals surface area contributed by atoms with Crippen LogP contribution < -0.4 is 10.6 Å². The zero-order valence-electron chi connectivity index (χ0n) is 13.3. The number of anilines is 1. The van der Waals surface area contributed by atoms with Crippen LogP contribution in [0.3, 0.4) is 0 Å². The molecule has 4 nitrogen and oxygen atoms in total. The van der Waals surface area contributed by atoms with Gasteiger partial charge in [0.1, 0.15) is 0 Å². The van der Waals surface area contributed by atoms with Gasteiger partial charge < -0.3 is 10.6 Å². The molecule has 2 aromatic carbocycles. The summed E-state index contributed by atoms with van der Waals surface area (Å²) in [5.74, 6) is -0.665. The van der Waals surface area contributed by atoms with E-state index in [4.69, 9.17) is 0 Å². The lowest BCUT2D eigenvalue weighted by Crippen LogP contribution is -2.36. The van der Waals surface area contributed by atoms with Crippen molar-refractivity contribution in [2.75, 3.05) is 5.32 Å². The van der Waals surface area contributed by atoms with Crippen LogP contribution in [0.15, 0.2) is 48.5 Å². The second-order valence-corrected chi connectivity index (χ2v) is 5.98. The predicted octanol–water partition coefficient (Wildman–Crippen LogP) is 3.30. The molecule has 118 valence electrons. The van der Waals surface area contributed by atoms with Gasteiger partial charge in [-0.15, -0.1) is 0 Å². The third-order valence-corrected chi connectivity index (χ3v) is 4.33. The van der Waals surface area contributed by atoms with E-state index in [0.29, 0.717) is 0 Å². The van der Waals surface area contributed by atoms with E-state index >= 15 is 0 Å². The van der Waals surface area contributed by atoms with Crippen molar-refractivity contribution >= 4 is 17.5 Å². The van der Waals surface area contributed by atoms with E-state index in [-0.39, 0.29) is 24.3 Å². The molecule has 3 rings (SSSR count). The van der Waals surface area contributed by atoms with Crippen LogP contribution in [0.4, 0.5) is 5.69 Å². The number of rotatable bonds is 3. The molecule has 0 bridgehead atoms. The highest BCUT2D eigenvalue weighted by molar-refractivity contribution is 6.01. The van der Waals surface area contributed by atoms with E-state index in [1.165, 1.54) is 0 Å². The normalized spacial score (nSPS) is 17.8. The van der Waals surface area contributed by atoms with E-state index in [1.54, 1.807) is 0 Å². The van der Waals surface area contributed by atoms with Crippen molar-refractivity contribution in [3.63, 3.8) is 0 Å². The van der Waals surface area contributed by atoms with E-state index in [2.05, 4.69) is 10.6 Å². The molecular weight excluding hydrogens is 288 g/mol. The molecule has 1 aliphatic heterocycles. The minimum Gasteiger partial charge on any atom is -0.349 e. The molecule has 23 heavy (non-hydrogen) atoms. The van der Waals surface area contributed by atoms with Crippen LogP contribution in [0.5, 0.6) is 0 Å². The molecule has 1 aliphatic rings. The lowest BCUT2D eigenvalue weighted by molar-refractivity contribution is -0.126. The fourth-order valence-corrected chi connectivity index (χ4v) is 3.11. The van der Waals surface area contributed by atoms with Crippen LogP contribution in [0.1, 0.15) is 42.0 Å². The van der Waals surface area contributed by atoms with E-state index < -0.39 is 5.92 Å². The number of para-hydroxylation sites is 1. The van der Waals surface area contributed by atoms with E-state index in [1.807, 2.05) is 62.4 Å². The third kappa shape index (κ3) is 3.11. The lowest BCUT2D eigenvalue weighted by Gasteiger charge is -2.26. The Kier molecular flexibility index (Phi) is 4.15. The molecule has 0 saturated carbocycles. The lowest BCUT2D eigenvalue weighted by atomic mass is 9.89. The molecule has 0 spiro atoms. The van der Waals surface area contributed by atoms with Crippen molar-refractivity contribution < 1.29 is 9.59 Å². The summed E-state index contributed by atoms with van der Waals surface area (Å²) < 4.78 is 0. The molecule has 2 aromatic rings. The van der Waals surface area contributed by atoms with Gasteiger partial charge in [-0.25, -0.2) is 0 Å². The van der Waals surface area contributed by atoms with Gasteiger partial charge in [-0.05, 0) is 36.6 Å². The average Bonchev–Trinajstić information content (AvgIpc) is 2.54. The highest BCUT2D eigenvalue weighted by Crippen LogP contribution is 2.32. The van der Waals surface area contributed by atoms with Gasteiger partial charge in [-0.1, -0.05) is 42.5 Å². The first-order valence-electron chi connectivity index (χ1n) is 7.81. The van der Waals surface area contributed by atoms with Crippen molar-refractivity contribution in [2.24, 2.45) is 0 Å². The van der Waals surface area contributed by atoms with Gasteiger partial charge in [0.2, 0.25) is 11.8 Å². The SMILES string of the molecule is Cc1ccccc1C(C)NC(=O)C1CC(=O)Nc2ccccc21. The molecular formula is C19H20N2O2. The number of carbonyl (C=O) groups excluding carboxylic acids is 2. The van der Waals surface area contributed by atoms with Gasteiger partial charge in [0.15, 0.2) is 0 Å². The zero-order valence-corrected chi connectivity index (χ0v) is 13.3. The molecule has 2 amide bonds. The number of aryl methyl sites for hydroxylation is 1. The first-order valence-corrected chi connectivity index (χ1v) is 7.81. The summed E-state index contributed by atoms with van der Waals surface area (Å²) in [5, 5.41) is 5.87. The molecule has 2 N–H and O–H groups in total. The smallest absolute Gasteiger partial charge is 0.228 e. The fourth-order valence-electron chi connectivity index (χ4n) is 3.11. The van der Waals surface area contributed by atoms with E-state index in [0.717, 1.165) is 22.4 Å². The summed E-state index contributed by atoms with van der Waals surface area (Å²) in [5.41, 5.74) is 3.84. The number of nitrogens with one attached hydrogen (secondary N) is 2. The minimum absolute atomic E-state index is 0.0964. The number of benzene rings is 2. The summed E-state index contributed by atoms with van der Waals surface area (Å²) in [6.07, 6.45) is 0.184. The molecule has 0 aliphatic carbocycles.